The number of thiophene rings is 1. The van der Waals surface area contributed by atoms with Gasteiger partial charge in [0.05, 0.1) is 12.8 Å². The van der Waals surface area contributed by atoms with Gasteiger partial charge in [-0.2, -0.15) is 0 Å². The Balaban J connectivity index is 1.66. The van der Waals surface area contributed by atoms with Crippen LogP contribution in [0.25, 0.3) is 21.3 Å². The fourth-order valence-electron chi connectivity index (χ4n) is 4.25. The largest absolute Gasteiger partial charge is 0.497 e. The van der Waals surface area contributed by atoms with E-state index in [1.165, 1.54) is 11.3 Å². The maximum absolute atomic E-state index is 13.0. The molecule has 6 nitrogen and oxygen atoms in total. The molecular weight excluding hydrogens is 434 g/mol. The number of benzene rings is 2. The normalized spacial score (nSPS) is 13.7. The second kappa shape index (κ2) is 8.50. The van der Waals surface area contributed by atoms with Gasteiger partial charge in [0.25, 0.3) is 0 Å². The molecule has 0 atom stereocenters. The van der Waals surface area contributed by atoms with Gasteiger partial charge >= 0.3 is 5.97 Å². The second-order valence-corrected chi connectivity index (χ2v) is 9.35. The van der Waals surface area contributed by atoms with Crippen molar-refractivity contribution in [3.63, 3.8) is 0 Å². The lowest BCUT2D eigenvalue weighted by Crippen LogP contribution is -2.27. The van der Waals surface area contributed by atoms with Crippen molar-refractivity contribution >= 4 is 33.2 Å². The number of methoxy groups -OCH3 is 1. The van der Waals surface area contributed by atoms with Gasteiger partial charge < -0.3 is 20.1 Å². The standard InChI is InChI=1S/C26H25N3O3S/c1-15-4-8-18(9-5-15)32-26(30)24-23(27)22-21(16-6-10-17(31-3)11-7-16)19-14-29(2)13-12-20(19)28-25(22)33-24/h4-11H,12-14,27H2,1-3H3. The molecule has 168 valence electrons. The Kier molecular flexibility index (Phi) is 5.52. The predicted molar refractivity (Wildman–Crippen MR) is 132 cm³/mol. The number of rotatable bonds is 4. The summed E-state index contributed by atoms with van der Waals surface area (Å²) < 4.78 is 11.0. The van der Waals surface area contributed by atoms with Gasteiger partial charge in [0.15, 0.2) is 0 Å². The third-order valence-corrected chi connectivity index (χ3v) is 7.10. The summed E-state index contributed by atoms with van der Waals surface area (Å²) in [5, 5.41) is 0.815. The summed E-state index contributed by atoms with van der Waals surface area (Å²) in [6.07, 6.45) is 0.853. The molecule has 0 amide bonds. The quantitative estimate of drug-likeness (QED) is 0.339. The molecule has 0 radical (unpaired) electrons. The second-order valence-electron chi connectivity index (χ2n) is 8.36. The van der Waals surface area contributed by atoms with E-state index in [0.29, 0.717) is 16.3 Å². The van der Waals surface area contributed by atoms with Gasteiger partial charge in [-0.1, -0.05) is 29.8 Å². The summed E-state index contributed by atoms with van der Waals surface area (Å²) in [6.45, 7) is 3.70. The number of hydrogen-bond acceptors (Lipinski definition) is 7. The molecule has 4 aromatic rings. The summed E-state index contributed by atoms with van der Waals surface area (Å²) in [6, 6.07) is 15.3. The van der Waals surface area contributed by atoms with Crippen LogP contribution in [0.3, 0.4) is 0 Å². The average Bonchev–Trinajstić information content (AvgIpc) is 3.15. The number of anilines is 1. The number of carbonyl (C=O) groups excluding carboxylic acids is 1. The van der Waals surface area contributed by atoms with Crippen molar-refractivity contribution in [2.45, 2.75) is 19.9 Å². The van der Waals surface area contributed by atoms with Crippen molar-refractivity contribution < 1.29 is 14.3 Å². The molecule has 0 fully saturated rings. The van der Waals surface area contributed by atoms with Crippen LogP contribution in [0, 0.1) is 6.92 Å². The minimum Gasteiger partial charge on any atom is -0.497 e. The van der Waals surface area contributed by atoms with E-state index in [1.807, 2.05) is 43.3 Å². The van der Waals surface area contributed by atoms with Crippen LogP contribution in [0.2, 0.25) is 0 Å². The minimum atomic E-state index is -0.463. The Morgan fingerprint density at radius 2 is 1.79 bits per heavy atom. The van der Waals surface area contributed by atoms with E-state index in [4.69, 9.17) is 20.2 Å². The molecule has 1 aliphatic rings. The molecule has 0 unspecified atom stereocenters. The first-order valence-corrected chi connectivity index (χ1v) is 11.6. The summed E-state index contributed by atoms with van der Waals surface area (Å²) in [4.78, 5) is 21.4. The third kappa shape index (κ3) is 3.94. The molecule has 2 aromatic carbocycles. The highest BCUT2D eigenvalue weighted by Gasteiger charge is 2.27. The molecule has 2 N–H and O–H groups in total. The number of esters is 1. The van der Waals surface area contributed by atoms with Gasteiger partial charge in [0, 0.05) is 36.2 Å². The number of fused-ring (bicyclic) bond motifs is 2. The highest BCUT2D eigenvalue weighted by Crippen LogP contribution is 2.43. The topological polar surface area (TPSA) is 77.7 Å². The van der Waals surface area contributed by atoms with Crippen molar-refractivity contribution in [2.24, 2.45) is 0 Å². The molecule has 33 heavy (non-hydrogen) atoms. The monoisotopic (exact) mass is 459 g/mol. The first kappa shape index (κ1) is 21.4. The van der Waals surface area contributed by atoms with Gasteiger partial charge in [-0.25, -0.2) is 9.78 Å². The maximum atomic E-state index is 13.0. The molecule has 1 aliphatic heterocycles. The van der Waals surface area contributed by atoms with E-state index in [9.17, 15) is 4.79 Å². The smallest absolute Gasteiger partial charge is 0.355 e. The number of likely N-dealkylation sites (N-methyl/N-ethyl adjacent to an activating group) is 1. The number of aromatic nitrogens is 1. The zero-order valence-corrected chi connectivity index (χ0v) is 19.7. The van der Waals surface area contributed by atoms with Crippen LogP contribution in [0.5, 0.6) is 11.5 Å². The molecule has 5 rings (SSSR count). The van der Waals surface area contributed by atoms with E-state index < -0.39 is 5.97 Å². The van der Waals surface area contributed by atoms with Crippen LogP contribution in [0.4, 0.5) is 5.69 Å². The molecule has 7 heteroatoms. The molecular formula is C26H25N3O3S. The van der Waals surface area contributed by atoms with Gasteiger partial charge in [0.1, 0.15) is 21.2 Å². The van der Waals surface area contributed by atoms with Crippen LogP contribution >= 0.6 is 11.3 Å². The van der Waals surface area contributed by atoms with Crippen molar-refractivity contribution in [2.75, 3.05) is 26.4 Å². The van der Waals surface area contributed by atoms with Crippen molar-refractivity contribution in [1.82, 2.24) is 9.88 Å². The lowest BCUT2D eigenvalue weighted by Gasteiger charge is -2.27. The molecule has 0 bridgehead atoms. The highest BCUT2D eigenvalue weighted by atomic mass is 32.1. The summed E-state index contributed by atoms with van der Waals surface area (Å²) in [5.74, 6) is 0.817. The highest BCUT2D eigenvalue weighted by molar-refractivity contribution is 7.21. The Hall–Kier alpha value is -3.42. The van der Waals surface area contributed by atoms with Crippen LogP contribution < -0.4 is 15.2 Å². The number of aryl methyl sites for hydroxylation is 1. The zero-order valence-electron chi connectivity index (χ0n) is 18.8. The number of nitrogens with two attached hydrogens (primary N) is 1. The van der Waals surface area contributed by atoms with Crippen molar-refractivity contribution in [3.8, 4) is 22.6 Å². The lowest BCUT2D eigenvalue weighted by atomic mass is 9.92. The molecule has 0 saturated heterocycles. The lowest BCUT2D eigenvalue weighted by molar-refractivity contribution is 0.0741. The average molecular weight is 460 g/mol. The Bertz CT molecular complexity index is 1340. The zero-order chi connectivity index (χ0) is 23.1. The van der Waals surface area contributed by atoms with Crippen LogP contribution in [0.1, 0.15) is 26.5 Å². The van der Waals surface area contributed by atoms with Gasteiger partial charge in [-0.05, 0) is 49.4 Å². The maximum Gasteiger partial charge on any atom is 0.355 e. The number of hydrogen-bond donors (Lipinski definition) is 1. The fraction of sp³-hybridized carbons (Fsp3) is 0.231. The number of nitrogen functional groups attached to an aromatic ring is 1. The Morgan fingerprint density at radius 3 is 2.48 bits per heavy atom. The number of ether oxygens (including phenoxy) is 2. The van der Waals surface area contributed by atoms with E-state index in [0.717, 1.165) is 63.4 Å². The summed E-state index contributed by atoms with van der Waals surface area (Å²) >= 11 is 1.30. The van der Waals surface area contributed by atoms with Crippen LogP contribution in [-0.4, -0.2) is 36.6 Å². The number of pyridine rings is 1. The van der Waals surface area contributed by atoms with Crippen molar-refractivity contribution in [3.05, 3.63) is 70.2 Å². The van der Waals surface area contributed by atoms with E-state index >= 15 is 0 Å². The number of nitrogens with zero attached hydrogens (tertiary/aromatic N) is 2. The molecule has 0 aliphatic carbocycles. The fourth-order valence-corrected chi connectivity index (χ4v) is 5.25. The molecule has 2 aromatic heterocycles. The first-order valence-electron chi connectivity index (χ1n) is 10.8. The van der Waals surface area contributed by atoms with E-state index in [2.05, 4.69) is 11.9 Å². The van der Waals surface area contributed by atoms with Gasteiger partial charge in [0.2, 0.25) is 0 Å². The molecule has 3 heterocycles. The van der Waals surface area contributed by atoms with E-state index in [1.54, 1.807) is 19.2 Å². The molecule has 0 saturated carbocycles. The summed E-state index contributed by atoms with van der Waals surface area (Å²) in [7, 11) is 3.76. The van der Waals surface area contributed by atoms with Crippen LogP contribution in [-0.2, 0) is 13.0 Å². The summed E-state index contributed by atoms with van der Waals surface area (Å²) in [5.41, 5.74) is 12.4. The van der Waals surface area contributed by atoms with Crippen LogP contribution in [0.15, 0.2) is 48.5 Å². The third-order valence-electron chi connectivity index (χ3n) is 6.02. The van der Waals surface area contributed by atoms with Crippen molar-refractivity contribution in [1.29, 1.82) is 0 Å². The Labute approximate surface area is 196 Å². The Morgan fingerprint density at radius 1 is 1.09 bits per heavy atom. The minimum absolute atomic E-state index is 0.378. The molecule has 0 spiro atoms. The first-order chi connectivity index (χ1) is 15.9. The van der Waals surface area contributed by atoms with Gasteiger partial charge in [-0.15, -0.1) is 11.3 Å². The van der Waals surface area contributed by atoms with Gasteiger partial charge in [-0.3, -0.25) is 0 Å². The predicted octanol–water partition coefficient (Wildman–Crippen LogP) is 5.07. The SMILES string of the molecule is COc1ccc(-c2c3c(nc4sc(C(=O)Oc5ccc(C)cc5)c(N)c24)CCN(C)C3)cc1. The number of carbonyl (C=O) groups is 1. The van der Waals surface area contributed by atoms with E-state index in [-0.39, 0.29) is 0 Å².